The van der Waals surface area contributed by atoms with Crippen LogP contribution in [-0.4, -0.2) is 53.3 Å². The van der Waals surface area contributed by atoms with Gasteiger partial charge in [0.05, 0.1) is 23.4 Å². The van der Waals surface area contributed by atoms with Crippen LogP contribution in [0.4, 0.5) is 24.1 Å². The highest BCUT2D eigenvalue weighted by atomic mass is 32.1. The summed E-state index contributed by atoms with van der Waals surface area (Å²) in [5.41, 5.74) is 6.24. The van der Waals surface area contributed by atoms with Gasteiger partial charge in [-0.15, -0.1) is 0 Å². The van der Waals surface area contributed by atoms with Crippen molar-refractivity contribution < 1.29 is 17.9 Å². The molecule has 0 unspecified atom stereocenters. The number of rotatable bonds is 5. The zero-order chi connectivity index (χ0) is 22.2. The maximum Gasteiger partial charge on any atom is 0.433 e. The van der Waals surface area contributed by atoms with Crippen LogP contribution in [-0.2, 0) is 10.9 Å². The van der Waals surface area contributed by atoms with Gasteiger partial charge in [-0.2, -0.15) is 13.2 Å². The van der Waals surface area contributed by atoms with E-state index in [-0.39, 0.29) is 11.4 Å². The Morgan fingerprint density at radius 2 is 1.90 bits per heavy atom. The third-order valence-electron chi connectivity index (χ3n) is 5.36. The molecule has 3 N–H and O–H groups in total. The molecular formula is C21H23F3N5OS. The number of ether oxygens (including phenoxy) is 1. The normalized spacial score (nSPS) is 16.0. The van der Waals surface area contributed by atoms with E-state index in [1.807, 2.05) is 6.07 Å². The summed E-state index contributed by atoms with van der Waals surface area (Å²) in [6, 6.07) is 9.20. The van der Waals surface area contributed by atoms with Crippen LogP contribution in [0, 0.1) is 6.07 Å². The molecule has 0 spiro atoms. The van der Waals surface area contributed by atoms with Gasteiger partial charge in [-0.3, -0.25) is 4.90 Å². The van der Waals surface area contributed by atoms with E-state index in [1.54, 1.807) is 6.07 Å². The van der Waals surface area contributed by atoms with Crippen molar-refractivity contribution in [3.63, 3.8) is 0 Å². The summed E-state index contributed by atoms with van der Waals surface area (Å²) in [5, 5.41) is 3.58. The number of anilines is 2. The van der Waals surface area contributed by atoms with Gasteiger partial charge in [-0.25, -0.2) is 9.97 Å². The number of fused-ring (bicyclic) bond motifs is 1. The number of hydrogen-bond acceptors (Lipinski definition) is 7. The molecule has 6 nitrogen and oxygen atoms in total. The van der Waals surface area contributed by atoms with Crippen molar-refractivity contribution in [2.24, 2.45) is 0 Å². The third kappa shape index (κ3) is 4.76. The topological polar surface area (TPSA) is 76.3 Å². The Morgan fingerprint density at radius 1 is 1.16 bits per heavy atom. The first-order chi connectivity index (χ1) is 14.6. The van der Waals surface area contributed by atoms with Gasteiger partial charge in [0.2, 0.25) is 0 Å². The SMILES string of the molecule is CC(C)(CNc1nc(C(F)(F)F)ccc1-c1[c]c2nc(N)sc2cc1)N1CCOCC1. The van der Waals surface area contributed by atoms with Crippen molar-refractivity contribution in [2.45, 2.75) is 25.6 Å². The smallest absolute Gasteiger partial charge is 0.379 e. The minimum absolute atomic E-state index is 0.162. The van der Waals surface area contributed by atoms with E-state index >= 15 is 0 Å². The molecule has 3 heterocycles. The Balaban J connectivity index is 1.67. The van der Waals surface area contributed by atoms with Crippen LogP contribution in [0.15, 0.2) is 24.3 Å². The number of halogens is 3. The van der Waals surface area contributed by atoms with Crippen molar-refractivity contribution in [1.82, 2.24) is 14.9 Å². The summed E-state index contributed by atoms with van der Waals surface area (Å²) >= 11 is 1.34. The number of thiazole rings is 1. The molecule has 1 aliphatic heterocycles. The van der Waals surface area contributed by atoms with Crippen molar-refractivity contribution in [1.29, 1.82) is 0 Å². The van der Waals surface area contributed by atoms with Gasteiger partial charge < -0.3 is 15.8 Å². The summed E-state index contributed by atoms with van der Waals surface area (Å²) in [6.45, 7) is 7.34. The Kier molecular flexibility index (Phi) is 5.80. The molecule has 165 valence electrons. The van der Waals surface area contributed by atoms with Crippen LogP contribution in [0.1, 0.15) is 19.5 Å². The van der Waals surface area contributed by atoms with Crippen molar-refractivity contribution >= 4 is 32.5 Å². The number of pyridine rings is 1. The van der Waals surface area contributed by atoms with E-state index in [2.05, 4.69) is 40.1 Å². The van der Waals surface area contributed by atoms with Crippen LogP contribution < -0.4 is 11.1 Å². The lowest BCUT2D eigenvalue weighted by Crippen LogP contribution is -2.53. The first kappa shape index (κ1) is 21.8. The third-order valence-corrected chi connectivity index (χ3v) is 6.21. The molecular weight excluding hydrogens is 427 g/mol. The van der Waals surface area contributed by atoms with Gasteiger partial charge in [0.25, 0.3) is 0 Å². The van der Waals surface area contributed by atoms with Crippen LogP contribution in [0.2, 0.25) is 0 Å². The number of nitrogen functional groups attached to an aromatic ring is 1. The number of nitrogens with two attached hydrogens (primary N) is 1. The molecule has 31 heavy (non-hydrogen) atoms. The Bertz CT molecular complexity index is 1080. The Morgan fingerprint density at radius 3 is 2.61 bits per heavy atom. The number of alkyl halides is 3. The first-order valence-corrected chi connectivity index (χ1v) is 10.7. The van der Waals surface area contributed by atoms with E-state index in [0.717, 1.165) is 23.9 Å². The van der Waals surface area contributed by atoms with Crippen LogP contribution >= 0.6 is 11.3 Å². The molecule has 1 aliphatic rings. The number of nitrogens with zero attached hydrogens (tertiary/aromatic N) is 3. The molecule has 4 rings (SSSR count). The summed E-state index contributed by atoms with van der Waals surface area (Å²) in [7, 11) is 0. The van der Waals surface area contributed by atoms with Crippen molar-refractivity contribution in [3.05, 3.63) is 36.0 Å². The Hall–Kier alpha value is -2.43. The molecule has 0 atom stereocenters. The zero-order valence-corrected chi connectivity index (χ0v) is 18.0. The number of morpholine rings is 1. The fourth-order valence-electron chi connectivity index (χ4n) is 3.59. The Labute approximate surface area is 182 Å². The van der Waals surface area contributed by atoms with Crippen LogP contribution in [0.3, 0.4) is 0 Å². The fraction of sp³-hybridized carbons (Fsp3) is 0.429. The van der Waals surface area contributed by atoms with E-state index < -0.39 is 11.9 Å². The average molecular weight is 451 g/mol. The van der Waals surface area contributed by atoms with Crippen LogP contribution in [0.5, 0.6) is 0 Å². The molecule has 3 aromatic rings. The van der Waals surface area contributed by atoms with Gasteiger partial charge in [0, 0.05) is 36.8 Å². The average Bonchev–Trinajstić information content (AvgIpc) is 3.11. The summed E-state index contributed by atoms with van der Waals surface area (Å²) in [6.07, 6.45) is -4.54. The van der Waals surface area contributed by atoms with Crippen molar-refractivity contribution in [3.8, 4) is 11.1 Å². The maximum atomic E-state index is 13.3. The van der Waals surface area contributed by atoms with E-state index in [9.17, 15) is 13.2 Å². The second-order valence-electron chi connectivity index (χ2n) is 7.99. The number of aromatic nitrogens is 2. The predicted molar refractivity (Wildman–Crippen MR) is 116 cm³/mol. The highest BCUT2D eigenvalue weighted by Crippen LogP contribution is 2.35. The molecule has 0 amide bonds. The van der Waals surface area contributed by atoms with E-state index in [4.69, 9.17) is 10.5 Å². The lowest BCUT2D eigenvalue weighted by Gasteiger charge is -2.41. The minimum Gasteiger partial charge on any atom is -0.379 e. The summed E-state index contributed by atoms with van der Waals surface area (Å²) in [5.74, 6) is 0.162. The number of hydrogen-bond donors (Lipinski definition) is 2. The lowest BCUT2D eigenvalue weighted by molar-refractivity contribution is -0.141. The van der Waals surface area contributed by atoms with Gasteiger partial charge in [0.1, 0.15) is 11.5 Å². The standard InChI is InChI=1S/C21H23F3N5OS/c1-20(2,29-7-9-30-10-8-29)12-26-18-14(4-6-17(28-18)21(22,23)24)13-3-5-16-15(11-13)27-19(25)31-16/h3-6H,7-10,12H2,1-2H3,(H2,25,27)(H,26,28). The van der Waals surface area contributed by atoms with E-state index in [0.29, 0.717) is 41.5 Å². The minimum atomic E-state index is -4.54. The summed E-state index contributed by atoms with van der Waals surface area (Å²) in [4.78, 5) is 10.4. The number of benzene rings is 1. The second-order valence-corrected chi connectivity index (χ2v) is 9.06. The molecule has 0 aliphatic carbocycles. The molecule has 10 heteroatoms. The molecule has 1 saturated heterocycles. The van der Waals surface area contributed by atoms with Gasteiger partial charge in [0.15, 0.2) is 5.13 Å². The lowest BCUT2D eigenvalue weighted by atomic mass is 10.0. The monoisotopic (exact) mass is 450 g/mol. The van der Waals surface area contributed by atoms with Crippen molar-refractivity contribution in [2.75, 3.05) is 43.9 Å². The predicted octanol–water partition coefficient (Wildman–Crippen LogP) is 4.28. The largest absolute Gasteiger partial charge is 0.433 e. The fourth-order valence-corrected chi connectivity index (χ4v) is 4.28. The van der Waals surface area contributed by atoms with Crippen LogP contribution in [0.25, 0.3) is 21.3 Å². The molecule has 1 radical (unpaired) electrons. The number of nitrogens with one attached hydrogen (secondary N) is 1. The zero-order valence-electron chi connectivity index (χ0n) is 17.2. The highest BCUT2D eigenvalue weighted by molar-refractivity contribution is 7.22. The molecule has 1 fully saturated rings. The van der Waals surface area contributed by atoms with Gasteiger partial charge >= 0.3 is 6.18 Å². The van der Waals surface area contributed by atoms with E-state index in [1.165, 1.54) is 17.4 Å². The molecule has 0 bridgehead atoms. The molecule has 0 saturated carbocycles. The quantitative estimate of drug-likeness (QED) is 0.604. The molecule has 1 aromatic carbocycles. The molecule has 2 aromatic heterocycles. The van der Waals surface area contributed by atoms with Gasteiger partial charge in [-0.1, -0.05) is 17.4 Å². The first-order valence-electron chi connectivity index (χ1n) is 9.87. The second kappa shape index (κ2) is 8.25. The summed E-state index contributed by atoms with van der Waals surface area (Å²) < 4.78 is 46.3. The highest BCUT2D eigenvalue weighted by Gasteiger charge is 2.34. The maximum absolute atomic E-state index is 13.3. The van der Waals surface area contributed by atoms with Gasteiger partial charge in [-0.05, 0) is 37.6 Å².